The van der Waals surface area contributed by atoms with Crippen molar-refractivity contribution in [3.8, 4) is 0 Å². The average molecular weight is 241 g/mol. The van der Waals surface area contributed by atoms with E-state index < -0.39 is 0 Å². The van der Waals surface area contributed by atoms with Crippen molar-refractivity contribution < 1.29 is 0 Å². The second-order valence-corrected chi connectivity index (χ2v) is 4.90. The van der Waals surface area contributed by atoms with Crippen LogP contribution in [0.15, 0.2) is 36.7 Å². The van der Waals surface area contributed by atoms with Crippen LogP contribution in [0.2, 0.25) is 0 Å². The number of nitrogens with zero attached hydrogens (tertiary/aromatic N) is 2. The largest absolute Gasteiger partial charge is 0.315 e. The minimum absolute atomic E-state index is 1.01. The molecule has 94 valence electrons. The van der Waals surface area contributed by atoms with Gasteiger partial charge in [0.1, 0.15) is 0 Å². The molecule has 2 aromatic rings. The number of rotatable bonds is 2. The predicted octanol–water partition coefficient (Wildman–Crippen LogP) is 2.03. The molecule has 0 amide bonds. The fourth-order valence-electron chi connectivity index (χ4n) is 2.61. The van der Waals surface area contributed by atoms with Gasteiger partial charge in [-0.05, 0) is 30.5 Å². The van der Waals surface area contributed by atoms with E-state index in [-0.39, 0.29) is 0 Å². The fraction of sp³-hybridized carbons (Fsp3) is 0.400. The Morgan fingerprint density at radius 2 is 2.06 bits per heavy atom. The van der Waals surface area contributed by atoms with Gasteiger partial charge in [-0.3, -0.25) is 9.88 Å². The Morgan fingerprint density at radius 3 is 3.06 bits per heavy atom. The smallest absolute Gasteiger partial charge is 0.0346 e. The van der Waals surface area contributed by atoms with Gasteiger partial charge in [-0.25, -0.2) is 0 Å². The zero-order valence-corrected chi connectivity index (χ0v) is 10.6. The molecule has 1 saturated heterocycles. The lowest BCUT2D eigenvalue weighted by Gasteiger charge is -2.20. The Labute approximate surface area is 108 Å². The lowest BCUT2D eigenvalue weighted by atomic mass is 10.1. The molecule has 0 atom stereocenters. The van der Waals surface area contributed by atoms with Crippen molar-refractivity contribution in [3.63, 3.8) is 0 Å². The number of fused-ring (bicyclic) bond motifs is 1. The Hall–Kier alpha value is -1.45. The highest BCUT2D eigenvalue weighted by Gasteiger charge is 2.10. The summed E-state index contributed by atoms with van der Waals surface area (Å²) in [6, 6.07) is 8.51. The summed E-state index contributed by atoms with van der Waals surface area (Å²) < 4.78 is 0. The lowest BCUT2D eigenvalue weighted by Crippen LogP contribution is -2.27. The molecule has 2 heterocycles. The maximum absolute atomic E-state index is 4.36. The fourth-order valence-corrected chi connectivity index (χ4v) is 2.61. The Morgan fingerprint density at radius 1 is 1.11 bits per heavy atom. The molecule has 1 N–H and O–H groups in total. The molecule has 3 nitrogen and oxygen atoms in total. The molecule has 1 aromatic heterocycles. The molecule has 0 unspecified atom stereocenters. The molecule has 18 heavy (non-hydrogen) atoms. The van der Waals surface area contributed by atoms with Gasteiger partial charge in [-0.1, -0.05) is 24.3 Å². The minimum Gasteiger partial charge on any atom is -0.315 e. The number of aromatic nitrogens is 1. The second-order valence-electron chi connectivity index (χ2n) is 4.90. The zero-order valence-electron chi connectivity index (χ0n) is 10.6. The quantitative estimate of drug-likeness (QED) is 0.872. The van der Waals surface area contributed by atoms with Crippen molar-refractivity contribution in [1.29, 1.82) is 0 Å². The summed E-state index contributed by atoms with van der Waals surface area (Å²) in [4.78, 5) is 6.88. The maximum atomic E-state index is 4.36. The number of benzene rings is 1. The lowest BCUT2D eigenvalue weighted by molar-refractivity contribution is 0.285. The van der Waals surface area contributed by atoms with Crippen molar-refractivity contribution in [2.24, 2.45) is 0 Å². The van der Waals surface area contributed by atoms with Crippen LogP contribution in [0, 0.1) is 0 Å². The molecule has 0 spiro atoms. The third-order valence-electron chi connectivity index (χ3n) is 3.58. The van der Waals surface area contributed by atoms with Gasteiger partial charge in [0, 0.05) is 37.4 Å². The Bertz CT molecular complexity index is 511. The van der Waals surface area contributed by atoms with Gasteiger partial charge in [-0.2, -0.15) is 0 Å². The number of nitrogens with one attached hydrogen (secondary N) is 1. The molecule has 1 fully saturated rings. The van der Waals surface area contributed by atoms with Crippen molar-refractivity contribution in [3.05, 3.63) is 42.2 Å². The van der Waals surface area contributed by atoms with E-state index in [4.69, 9.17) is 0 Å². The third-order valence-corrected chi connectivity index (χ3v) is 3.58. The summed E-state index contributed by atoms with van der Waals surface area (Å²) in [7, 11) is 0. The number of hydrogen-bond acceptors (Lipinski definition) is 3. The highest BCUT2D eigenvalue weighted by atomic mass is 15.1. The van der Waals surface area contributed by atoms with E-state index in [0.717, 1.165) is 26.2 Å². The third kappa shape index (κ3) is 2.52. The van der Waals surface area contributed by atoms with E-state index in [0.29, 0.717) is 0 Å². The summed E-state index contributed by atoms with van der Waals surface area (Å²) in [6.07, 6.45) is 5.20. The van der Waals surface area contributed by atoms with Gasteiger partial charge in [0.2, 0.25) is 0 Å². The van der Waals surface area contributed by atoms with Crippen LogP contribution in [-0.2, 0) is 6.54 Å². The highest BCUT2D eigenvalue weighted by Crippen LogP contribution is 2.18. The first kappa shape index (κ1) is 11.6. The van der Waals surface area contributed by atoms with Gasteiger partial charge in [0.25, 0.3) is 0 Å². The van der Waals surface area contributed by atoms with Crippen molar-refractivity contribution in [1.82, 2.24) is 15.2 Å². The second kappa shape index (κ2) is 5.46. The molecular weight excluding hydrogens is 222 g/mol. The number of pyridine rings is 1. The van der Waals surface area contributed by atoms with E-state index in [9.17, 15) is 0 Å². The minimum atomic E-state index is 1.01. The van der Waals surface area contributed by atoms with Crippen LogP contribution in [0.25, 0.3) is 10.8 Å². The number of hydrogen-bond donors (Lipinski definition) is 1. The Balaban J connectivity index is 1.85. The van der Waals surface area contributed by atoms with Crippen LogP contribution < -0.4 is 5.32 Å². The van der Waals surface area contributed by atoms with Crippen LogP contribution in [-0.4, -0.2) is 36.1 Å². The monoisotopic (exact) mass is 241 g/mol. The van der Waals surface area contributed by atoms with E-state index in [2.05, 4.69) is 39.5 Å². The van der Waals surface area contributed by atoms with E-state index in [1.54, 1.807) is 0 Å². The van der Waals surface area contributed by atoms with Crippen molar-refractivity contribution >= 4 is 10.8 Å². The van der Waals surface area contributed by atoms with Crippen LogP contribution in [0.3, 0.4) is 0 Å². The molecule has 1 aliphatic rings. The van der Waals surface area contributed by atoms with Gasteiger partial charge in [0.15, 0.2) is 0 Å². The standard InChI is InChI=1S/C15H19N3/c1-2-5-15-13(4-1)10-17-11-14(15)12-18-8-3-6-16-7-9-18/h1-2,4-5,10-11,16H,3,6-9,12H2. The molecule has 1 aliphatic heterocycles. The molecule has 0 bridgehead atoms. The summed E-state index contributed by atoms with van der Waals surface area (Å²) in [5, 5.41) is 6.02. The van der Waals surface area contributed by atoms with Crippen LogP contribution >= 0.6 is 0 Å². The van der Waals surface area contributed by atoms with Gasteiger partial charge in [-0.15, -0.1) is 0 Å². The SMILES string of the molecule is c1ccc2c(CN3CCCNCC3)cncc2c1. The topological polar surface area (TPSA) is 28.2 Å². The summed E-state index contributed by atoms with van der Waals surface area (Å²) in [6.45, 7) is 5.55. The maximum Gasteiger partial charge on any atom is 0.0346 e. The van der Waals surface area contributed by atoms with Crippen LogP contribution in [0.5, 0.6) is 0 Å². The molecule has 3 rings (SSSR count). The molecule has 0 radical (unpaired) electrons. The van der Waals surface area contributed by atoms with E-state index in [1.165, 1.54) is 29.3 Å². The first-order valence-electron chi connectivity index (χ1n) is 6.68. The van der Waals surface area contributed by atoms with Crippen LogP contribution in [0.1, 0.15) is 12.0 Å². The van der Waals surface area contributed by atoms with Crippen LogP contribution in [0.4, 0.5) is 0 Å². The summed E-state index contributed by atoms with van der Waals surface area (Å²) in [5.74, 6) is 0. The first-order chi connectivity index (χ1) is 8.93. The predicted molar refractivity (Wildman–Crippen MR) is 74.5 cm³/mol. The summed E-state index contributed by atoms with van der Waals surface area (Å²) >= 11 is 0. The molecule has 0 saturated carbocycles. The summed E-state index contributed by atoms with van der Waals surface area (Å²) in [5.41, 5.74) is 1.34. The average Bonchev–Trinajstić information content (AvgIpc) is 2.68. The molecule has 0 aliphatic carbocycles. The molecule has 1 aromatic carbocycles. The van der Waals surface area contributed by atoms with Gasteiger partial charge >= 0.3 is 0 Å². The highest BCUT2D eigenvalue weighted by molar-refractivity contribution is 5.84. The first-order valence-corrected chi connectivity index (χ1v) is 6.68. The molecule has 3 heteroatoms. The van der Waals surface area contributed by atoms with Crippen molar-refractivity contribution in [2.75, 3.05) is 26.2 Å². The van der Waals surface area contributed by atoms with Gasteiger partial charge in [0.05, 0.1) is 0 Å². The zero-order chi connectivity index (χ0) is 12.2. The van der Waals surface area contributed by atoms with Crippen molar-refractivity contribution in [2.45, 2.75) is 13.0 Å². The van der Waals surface area contributed by atoms with E-state index in [1.807, 2.05) is 12.4 Å². The van der Waals surface area contributed by atoms with E-state index >= 15 is 0 Å². The normalized spacial score (nSPS) is 17.8. The Kier molecular flexibility index (Phi) is 3.53. The van der Waals surface area contributed by atoms with Gasteiger partial charge < -0.3 is 5.32 Å². The molecular formula is C15H19N3.